The van der Waals surface area contributed by atoms with E-state index < -0.39 is 0 Å². The molecule has 0 unspecified atom stereocenters. The number of methoxy groups -OCH3 is 1. The second-order valence-corrected chi connectivity index (χ2v) is 5.20. The summed E-state index contributed by atoms with van der Waals surface area (Å²) in [6.45, 7) is 7.94. The van der Waals surface area contributed by atoms with Gasteiger partial charge >= 0.3 is 0 Å². The molecule has 1 heterocycles. The molecule has 0 fully saturated rings. The van der Waals surface area contributed by atoms with Gasteiger partial charge in [-0.25, -0.2) is 4.98 Å². The smallest absolute Gasteiger partial charge is 0.0895 e. The molecule has 1 aromatic heterocycles. The van der Waals surface area contributed by atoms with Gasteiger partial charge < -0.3 is 10.1 Å². The zero-order chi connectivity index (χ0) is 10.6. The summed E-state index contributed by atoms with van der Waals surface area (Å²) in [6.07, 6.45) is 0. The van der Waals surface area contributed by atoms with Crippen molar-refractivity contribution >= 4 is 11.3 Å². The van der Waals surface area contributed by atoms with Crippen LogP contribution >= 0.6 is 11.3 Å². The third-order valence-corrected chi connectivity index (χ3v) is 2.66. The Bertz CT molecular complexity index is 278. The van der Waals surface area contributed by atoms with Crippen LogP contribution in [-0.4, -0.2) is 17.6 Å². The van der Waals surface area contributed by atoms with Crippen molar-refractivity contribution in [1.29, 1.82) is 0 Å². The van der Waals surface area contributed by atoms with E-state index >= 15 is 0 Å². The number of hydrogen-bond acceptors (Lipinski definition) is 4. The monoisotopic (exact) mass is 214 g/mol. The Kier molecular flexibility index (Phi) is 4.04. The van der Waals surface area contributed by atoms with E-state index in [1.165, 1.54) is 4.88 Å². The Morgan fingerprint density at radius 3 is 2.79 bits per heavy atom. The molecule has 80 valence electrons. The minimum atomic E-state index is 0.147. The molecule has 0 atom stereocenters. The molecule has 0 radical (unpaired) electrons. The van der Waals surface area contributed by atoms with Crippen molar-refractivity contribution < 1.29 is 4.74 Å². The molecule has 0 aliphatic heterocycles. The summed E-state index contributed by atoms with van der Waals surface area (Å²) in [5.41, 5.74) is 3.07. The fourth-order valence-electron chi connectivity index (χ4n) is 1.04. The molecule has 0 spiro atoms. The van der Waals surface area contributed by atoms with Gasteiger partial charge in [0.05, 0.1) is 17.8 Å². The van der Waals surface area contributed by atoms with Crippen LogP contribution in [0.2, 0.25) is 0 Å². The van der Waals surface area contributed by atoms with E-state index in [0.717, 1.165) is 12.2 Å². The average Bonchev–Trinajstić information content (AvgIpc) is 2.48. The Hall–Kier alpha value is -0.450. The summed E-state index contributed by atoms with van der Waals surface area (Å²) in [6, 6.07) is 0. The van der Waals surface area contributed by atoms with Gasteiger partial charge in [-0.2, -0.15) is 0 Å². The van der Waals surface area contributed by atoms with Crippen LogP contribution in [0.15, 0.2) is 5.51 Å². The van der Waals surface area contributed by atoms with E-state index in [-0.39, 0.29) is 5.54 Å². The third kappa shape index (κ3) is 3.74. The number of ether oxygens (including phenoxy) is 1. The predicted molar refractivity (Wildman–Crippen MR) is 59.4 cm³/mol. The summed E-state index contributed by atoms with van der Waals surface area (Å²) in [4.78, 5) is 5.53. The number of nitrogens with one attached hydrogen (secondary N) is 1. The molecule has 4 heteroatoms. The third-order valence-electron chi connectivity index (χ3n) is 1.79. The summed E-state index contributed by atoms with van der Waals surface area (Å²) in [5.74, 6) is 0. The first kappa shape index (κ1) is 11.6. The molecule has 0 aliphatic carbocycles. The lowest BCUT2D eigenvalue weighted by Gasteiger charge is -2.20. The van der Waals surface area contributed by atoms with Crippen molar-refractivity contribution in [2.75, 3.05) is 7.11 Å². The lowest BCUT2D eigenvalue weighted by molar-refractivity contribution is 0.181. The van der Waals surface area contributed by atoms with E-state index in [1.807, 2.05) is 5.51 Å². The SMILES string of the molecule is COCc1ncsc1CNC(C)(C)C. The minimum Gasteiger partial charge on any atom is -0.378 e. The molecule has 0 aromatic carbocycles. The first-order valence-electron chi connectivity index (χ1n) is 4.68. The number of nitrogens with zero attached hydrogens (tertiary/aromatic N) is 1. The van der Waals surface area contributed by atoms with Gasteiger partial charge in [0.25, 0.3) is 0 Å². The van der Waals surface area contributed by atoms with Gasteiger partial charge in [-0.15, -0.1) is 11.3 Å². The van der Waals surface area contributed by atoms with Crippen molar-refractivity contribution in [1.82, 2.24) is 10.3 Å². The molecular formula is C10H18N2OS. The Morgan fingerprint density at radius 1 is 1.50 bits per heavy atom. The zero-order valence-corrected chi connectivity index (χ0v) is 10.1. The first-order valence-corrected chi connectivity index (χ1v) is 5.56. The molecule has 0 saturated carbocycles. The molecule has 14 heavy (non-hydrogen) atoms. The van der Waals surface area contributed by atoms with Crippen molar-refractivity contribution in [3.8, 4) is 0 Å². The number of aromatic nitrogens is 1. The second kappa shape index (κ2) is 4.87. The number of thiazole rings is 1. The molecule has 0 saturated heterocycles. The van der Waals surface area contributed by atoms with Crippen LogP contribution in [0.25, 0.3) is 0 Å². The second-order valence-electron chi connectivity index (χ2n) is 4.26. The van der Waals surface area contributed by atoms with Crippen LogP contribution in [-0.2, 0) is 17.9 Å². The highest BCUT2D eigenvalue weighted by Crippen LogP contribution is 2.15. The Balaban J connectivity index is 2.53. The van der Waals surface area contributed by atoms with Crippen LogP contribution in [0.4, 0.5) is 0 Å². The van der Waals surface area contributed by atoms with Crippen LogP contribution < -0.4 is 5.32 Å². The molecule has 1 rings (SSSR count). The van der Waals surface area contributed by atoms with E-state index in [1.54, 1.807) is 18.4 Å². The first-order chi connectivity index (χ1) is 6.53. The molecule has 0 amide bonds. The maximum atomic E-state index is 5.08. The van der Waals surface area contributed by atoms with Gasteiger partial charge in [0.15, 0.2) is 0 Å². The average molecular weight is 214 g/mol. The van der Waals surface area contributed by atoms with E-state index in [2.05, 4.69) is 31.1 Å². The number of hydrogen-bond donors (Lipinski definition) is 1. The molecule has 1 aromatic rings. The predicted octanol–water partition coefficient (Wildman–Crippen LogP) is 2.18. The minimum absolute atomic E-state index is 0.147. The fraction of sp³-hybridized carbons (Fsp3) is 0.700. The lowest BCUT2D eigenvalue weighted by Crippen LogP contribution is -2.35. The van der Waals surface area contributed by atoms with Gasteiger partial charge in [-0.05, 0) is 20.8 Å². The largest absolute Gasteiger partial charge is 0.378 e. The van der Waals surface area contributed by atoms with Gasteiger partial charge in [0.1, 0.15) is 0 Å². The van der Waals surface area contributed by atoms with Gasteiger partial charge in [0.2, 0.25) is 0 Å². The maximum absolute atomic E-state index is 5.08. The highest BCUT2D eigenvalue weighted by molar-refractivity contribution is 7.09. The zero-order valence-electron chi connectivity index (χ0n) is 9.26. The molecule has 3 nitrogen and oxygen atoms in total. The Morgan fingerprint density at radius 2 is 2.21 bits per heavy atom. The number of rotatable bonds is 4. The van der Waals surface area contributed by atoms with Crippen LogP contribution in [0.1, 0.15) is 31.3 Å². The quantitative estimate of drug-likeness (QED) is 0.834. The van der Waals surface area contributed by atoms with Gasteiger partial charge in [-0.1, -0.05) is 0 Å². The van der Waals surface area contributed by atoms with Crippen LogP contribution in [0.5, 0.6) is 0 Å². The van der Waals surface area contributed by atoms with Gasteiger partial charge in [0, 0.05) is 24.1 Å². The molecular weight excluding hydrogens is 196 g/mol. The van der Waals surface area contributed by atoms with Crippen molar-refractivity contribution in [3.63, 3.8) is 0 Å². The maximum Gasteiger partial charge on any atom is 0.0895 e. The fourth-order valence-corrected chi connectivity index (χ4v) is 1.75. The van der Waals surface area contributed by atoms with Crippen LogP contribution in [0.3, 0.4) is 0 Å². The van der Waals surface area contributed by atoms with E-state index in [0.29, 0.717) is 6.61 Å². The standard InChI is InChI=1S/C10H18N2OS/c1-10(2,3)12-5-9-8(6-13-4)11-7-14-9/h7,12H,5-6H2,1-4H3. The lowest BCUT2D eigenvalue weighted by atomic mass is 10.1. The molecule has 1 N–H and O–H groups in total. The Labute approximate surface area is 89.5 Å². The molecule has 0 bridgehead atoms. The summed E-state index contributed by atoms with van der Waals surface area (Å²) in [7, 11) is 1.69. The van der Waals surface area contributed by atoms with Crippen molar-refractivity contribution in [2.45, 2.75) is 39.5 Å². The van der Waals surface area contributed by atoms with Gasteiger partial charge in [-0.3, -0.25) is 0 Å². The van der Waals surface area contributed by atoms with Crippen molar-refractivity contribution in [2.24, 2.45) is 0 Å². The summed E-state index contributed by atoms with van der Waals surface area (Å²) < 4.78 is 5.08. The van der Waals surface area contributed by atoms with Crippen molar-refractivity contribution in [3.05, 3.63) is 16.1 Å². The summed E-state index contributed by atoms with van der Waals surface area (Å²) in [5, 5.41) is 3.44. The van der Waals surface area contributed by atoms with E-state index in [4.69, 9.17) is 4.74 Å². The molecule has 0 aliphatic rings. The topological polar surface area (TPSA) is 34.1 Å². The normalized spacial score (nSPS) is 12.0. The summed E-state index contributed by atoms with van der Waals surface area (Å²) >= 11 is 1.68. The van der Waals surface area contributed by atoms with Crippen LogP contribution in [0, 0.1) is 0 Å². The van der Waals surface area contributed by atoms with E-state index in [9.17, 15) is 0 Å². The highest BCUT2D eigenvalue weighted by atomic mass is 32.1. The highest BCUT2D eigenvalue weighted by Gasteiger charge is 2.11.